The van der Waals surface area contributed by atoms with Crippen molar-refractivity contribution in [1.29, 1.82) is 0 Å². The van der Waals surface area contributed by atoms with Gasteiger partial charge in [0.2, 0.25) is 0 Å². The minimum atomic E-state index is 0.778. The van der Waals surface area contributed by atoms with Gasteiger partial charge in [-0.2, -0.15) is 5.10 Å². The molecule has 2 aromatic heterocycles. The number of nitrogens with one attached hydrogen (secondary N) is 1. The molecule has 5 nitrogen and oxygen atoms in total. The molecule has 0 amide bonds. The van der Waals surface area contributed by atoms with E-state index in [0.29, 0.717) is 0 Å². The van der Waals surface area contributed by atoms with E-state index < -0.39 is 0 Å². The second-order valence-corrected chi connectivity index (χ2v) is 6.52. The van der Waals surface area contributed by atoms with Crippen molar-refractivity contribution >= 4 is 23.1 Å². The molecule has 2 heterocycles. The Morgan fingerprint density at radius 2 is 2.10 bits per heavy atom. The van der Waals surface area contributed by atoms with Crippen molar-refractivity contribution in [2.75, 3.05) is 7.05 Å². The van der Waals surface area contributed by atoms with E-state index >= 15 is 0 Å². The standard InChI is InChI=1S/C14H15N5S2/c1-10-12(8-15-2)13(21-14-17-16-9-20-14)19(18-10)11-6-4-3-5-7-11/h3-7,9,15H,8H2,1-2H3. The topological polar surface area (TPSA) is 55.6 Å². The zero-order valence-corrected chi connectivity index (χ0v) is 13.4. The van der Waals surface area contributed by atoms with Gasteiger partial charge in [0, 0.05) is 12.1 Å². The maximum absolute atomic E-state index is 4.69. The Morgan fingerprint density at radius 3 is 2.76 bits per heavy atom. The van der Waals surface area contributed by atoms with Gasteiger partial charge in [0.05, 0.1) is 11.4 Å². The van der Waals surface area contributed by atoms with Crippen LogP contribution in [0.2, 0.25) is 0 Å². The van der Waals surface area contributed by atoms with Crippen molar-refractivity contribution in [1.82, 2.24) is 25.3 Å². The van der Waals surface area contributed by atoms with Gasteiger partial charge in [-0.05, 0) is 37.9 Å². The zero-order chi connectivity index (χ0) is 14.7. The molecule has 0 aliphatic heterocycles. The summed E-state index contributed by atoms with van der Waals surface area (Å²) < 4.78 is 2.90. The van der Waals surface area contributed by atoms with Crippen LogP contribution in [0.4, 0.5) is 0 Å². The lowest BCUT2D eigenvalue weighted by Gasteiger charge is -2.07. The molecule has 0 atom stereocenters. The number of nitrogens with zero attached hydrogens (tertiary/aromatic N) is 4. The lowest BCUT2D eigenvalue weighted by Crippen LogP contribution is -2.07. The molecule has 0 aliphatic carbocycles. The average molecular weight is 317 g/mol. The Labute approximate surface area is 131 Å². The number of aromatic nitrogens is 4. The van der Waals surface area contributed by atoms with Gasteiger partial charge in [-0.1, -0.05) is 29.5 Å². The molecule has 3 aromatic rings. The zero-order valence-electron chi connectivity index (χ0n) is 11.8. The minimum absolute atomic E-state index is 0.778. The highest BCUT2D eigenvalue weighted by atomic mass is 32.2. The number of rotatable bonds is 5. The van der Waals surface area contributed by atoms with Crippen LogP contribution in [-0.2, 0) is 6.54 Å². The summed E-state index contributed by atoms with van der Waals surface area (Å²) in [5.41, 5.74) is 5.02. The van der Waals surface area contributed by atoms with Gasteiger partial charge in [-0.25, -0.2) is 4.68 Å². The molecule has 0 unspecified atom stereocenters. The van der Waals surface area contributed by atoms with Gasteiger partial charge >= 0.3 is 0 Å². The van der Waals surface area contributed by atoms with E-state index in [-0.39, 0.29) is 0 Å². The van der Waals surface area contributed by atoms with E-state index in [1.165, 1.54) is 16.9 Å². The fourth-order valence-corrected chi connectivity index (χ4v) is 3.72. The summed E-state index contributed by atoms with van der Waals surface area (Å²) in [4.78, 5) is 0. The molecule has 0 saturated carbocycles. The van der Waals surface area contributed by atoms with E-state index in [1.54, 1.807) is 17.3 Å². The summed E-state index contributed by atoms with van der Waals surface area (Å²) in [6, 6.07) is 10.2. The van der Waals surface area contributed by atoms with Crippen molar-refractivity contribution in [2.45, 2.75) is 22.8 Å². The van der Waals surface area contributed by atoms with Crippen molar-refractivity contribution in [3.8, 4) is 5.69 Å². The van der Waals surface area contributed by atoms with Crippen LogP contribution in [0.3, 0.4) is 0 Å². The van der Waals surface area contributed by atoms with Gasteiger partial charge < -0.3 is 5.32 Å². The first-order chi connectivity index (χ1) is 10.3. The third-order valence-electron chi connectivity index (χ3n) is 3.02. The molecule has 7 heteroatoms. The second kappa shape index (κ2) is 6.38. The van der Waals surface area contributed by atoms with Crippen LogP contribution in [0.25, 0.3) is 5.69 Å². The Morgan fingerprint density at radius 1 is 1.29 bits per heavy atom. The molecule has 21 heavy (non-hydrogen) atoms. The highest BCUT2D eigenvalue weighted by Crippen LogP contribution is 2.34. The fourth-order valence-electron chi connectivity index (χ4n) is 2.06. The summed E-state index contributed by atoms with van der Waals surface area (Å²) >= 11 is 3.15. The first-order valence-electron chi connectivity index (χ1n) is 6.52. The quantitative estimate of drug-likeness (QED) is 0.784. The molecule has 0 radical (unpaired) electrons. The summed E-state index contributed by atoms with van der Waals surface area (Å²) in [5, 5.41) is 17.0. The highest BCUT2D eigenvalue weighted by molar-refractivity contribution is 8.01. The lowest BCUT2D eigenvalue weighted by atomic mass is 10.2. The van der Waals surface area contributed by atoms with E-state index in [9.17, 15) is 0 Å². The number of para-hydroxylation sites is 1. The molecular formula is C14H15N5S2. The van der Waals surface area contributed by atoms with Crippen molar-refractivity contribution < 1.29 is 0 Å². The monoisotopic (exact) mass is 317 g/mol. The number of hydrogen-bond acceptors (Lipinski definition) is 6. The molecule has 1 aromatic carbocycles. The summed E-state index contributed by atoms with van der Waals surface area (Å²) in [6.07, 6.45) is 0. The predicted molar refractivity (Wildman–Crippen MR) is 85.1 cm³/mol. The molecular weight excluding hydrogens is 302 g/mol. The van der Waals surface area contributed by atoms with Crippen LogP contribution >= 0.6 is 23.1 Å². The Bertz CT molecular complexity index is 707. The van der Waals surface area contributed by atoms with Crippen molar-refractivity contribution in [3.05, 3.63) is 47.1 Å². The average Bonchev–Trinajstić information content (AvgIpc) is 3.12. The van der Waals surface area contributed by atoms with E-state index in [4.69, 9.17) is 5.10 Å². The van der Waals surface area contributed by atoms with Gasteiger partial charge in [0.1, 0.15) is 10.5 Å². The van der Waals surface area contributed by atoms with Crippen LogP contribution in [-0.4, -0.2) is 27.0 Å². The first kappa shape index (κ1) is 14.2. The normalized spacial score (nSPS) is 11.0. The van der Waals surface area contributed by atoms with E-state index in [1.807, 2.05) is 36.9 Å². The number of hydrogen-bond donors (Lipinski definition) is 1. The van der Waals surface area contributed by atoms with E-state index in [2.05, 4.69) is 27.6 Å². The van der Waals surface area contributed by atoms with Crippen LogP contribution in [0, 0.1) is 6.92 Å². The van der Waals surface area contributed by atoms with Crippen molar-refractivity contribution in [2.24, 2.45) is 0 Å². The molecule has 0 bridgehead atoms. The minimum Gasteiger partial charge on any atom is -0.316 e. The molecule has 0 aliphatic rings. The lowest BCUT2D eigenvalue weighted by molar-refractivity contribution is 0.765. The number of aryl methyl sites for hydroxylation is 1. The predicted octanol–water partition coefficient (Wildman–Crippen LogP) is 2.90. The Hall–Kier alpha value is -1.70. The smallest absolute Gasteiger partial charge is 0.180 e. The van der Waals surface area contributed by atoms with Crippen LogP contribution in [0.5, 0.6) is 0 Å². The van der Waals surface area contributed by atoms with Crippen LogP contribution in [0.1, 0.15) is 11.3 Å². The molecule has 0 spiro atoms. The number of benzene rings is 1. The first-order valence-corrected chi connectivity index (χ1v) is 8.21. The largest absolute Gasteiger partial charge is 0.316 e. The van der Waals surface area contributed by atoms with Gasteiger partial charge in [-0.3, -0.25) is 0 Å². The third-order valence-corrected chi connectivity index (χ3v) is 4.91. The molecule has 0 fully saturated rings. The summed E-state index contributed by atoms with van der Waals surface area (Å²) in [6.45, 7) is 2.82. The third kappa shape index (κ3) is 2.99. The molecule has 0 saturated heterocycles. The van der Waals surface area contributed by atoms with Gasteiger partial charge in [0.15, 0.2) is 4.34 Å². The van der Waals surface area contributed by atoms with E-state index in [0.717, 1.165) is 27.3 Å². The van der Waals surface area contributed by atoms with Crippen LogP contribution < -0.4 is 5.32 Å². The van der Waals surface area contributed by atoms with Crippen molar-refractivity contribution in [3.63, 3.8) is 0 Å². The van der Waals surface area contributed by atoms with Gasteiger partial charge in [0.25, 0.3) is 0 Å². The SMILES string of the molecule is CNCc1c(C)nn(-c2ccccc2)c1Sc1nncs1. The Kier molecular flexibility index (Phi) is 4.33. The summed E-state index contributed by atoms with van der Waals surface area (Å²) in [7, 11) is 1.94. The summed E-state index contributed by atoms with van der Waals surface area (Å²) in [5.74, 6) is 0. The maximum atomic E-state index is 4.69. The molecule has 108 valence electrons. The van der Waals surface area contributed by atoms with Crippen LogP contribution in [0.15, 0.2) is 45.2 Å². The second-order valence-electron chi connectivity index (χ2n) is 4.45. The molecule has 3 rings (SSSR count). The molecule has 1 N–H and O–H groups in total. The van der Waals surface area contributed by atoms with Gasteiger partial charge in [-0.15, -0.1) is 10.2 Å². The Balaban J connectivity index is 2.08. The maximum Gasteiger partial charge on any atom is 0.180 e. The highest BCUT2D eigenvalue weighted by Gasteiger charge is 2.18. The fraction of sp³-hybridized carbons (Fsp3) is 0.214.